The molecule has 2 atom stereocenters. The molecule has 1 rings (SSSR count). The van der Waals surface area contributed by atoms with Crippen LogP contribution in [0.3, 0.4) is 0 Å². The lowest BCUT2D eigenvalue weighted by molar-refractivity contribution is -0.142. The van der Waals surface area contributed by atoms with Gasteiger partial charge in [0.05, 0.1) is 5.60 Å². The van der Waals surface area contributed by atoms with Gasteiger partial charge in [0.1, 0.15) is 6.04 Å². The number of carboxylic acid groups (broad SMARTS) is 1. The Morgan fingerprint density at radius 3 is 2.33 bits per heavy atom. The Hall–Kier alpha value is -1.88. The number of rotatable bonds is 9. The fourth-order valence-corrected chi connectivity index (χ4v) is 2.30. The van der Waals surface area contributed by atoms with E-state index in [4.69, 9.17) is 4.74 Å². The maximum absolute atomic E-state index is 12.0. The number of nitrogens with one attached hydrogen (secondary N) is 1. The highest BCUT2D eigenvalue weighted by Gasteiger charge is 2.21. The van der Waals surface area contributed by atoms with Crippen LogP contribution in [0.15, 0.2) is 30.3 Å². The van der Waals surface area contributed by atoms with E-state index in [2.05, 4.69) is 12.2 Å². The molecular formula is C19H29NO4. The van der Waals surface area contributed by atoms with Crippen molar-refractivity contribution in [3.63, 3.8) is 0 Å². The molecule has 1 aromatic rings. The Labute approximate surface area is 144 Å². The molecule has 24 heavy (non-hydrogen) atoms. The molecule has 5 heteroatoms. The van der Waals surface area contributed by atoms with Crippen LogP contribution in [0.25, 0.3) is 0 Å². The largest absolute Gasteiger partial charge is 0.480 e. The summed E-state index contributed by atoms with van der Waals surface area (Å²) >= 11 is 0. The average molecular weight is 335 g/mol. The molecule has 0 aliphatic heterocycles. The SMILES string of the molecule is CC(CCC(=O)NC(CCOC(C)(C)C)C(=O)O)c1ccccc1. The predicted octanol–water partition coefficient (Wildman–Crippen LogP) is 3.34. The van der Waals surface area contributed by atoms with Crippen molar-refractivity contribution in [2.75, 3.05) is 6.61 Å². The van der Waals surface area contributed by atoms with Crippen molar-refractivity contribution < 1.29 is 19.4 Å². The van der Waals surface area contributed by atoms with E-state index in [1.165, 1.54) is 5.56 Å². The van der Waals surface area contributed by atoms with Gasteiger partial charge in [-0.05, 0) is 38.7 Å². The second-order valence-electron chi connectivity index (χ2n) is 7.06. The quantitative estimate of drug-likeness (QED) is 0.726. The molecule has 0 saturated carbocycles. The minimum absolute atomic E-state index is 0.235. The summed E-state index contributed by atoms with van der Waals surface area (Å²) in [6.07, 6.45) is 1.24. The molecule has 0 aromatic heterocycles. The zero-order valence-electron chi connectivity index (χ0n) is 15.0. The fraction of sp³-hybridized carbons (Fsp3) is 0.579. The highest BCUT2D eigenvalue weighted by molar-refractivity contribution is 5.83. The molecule has 2 N–H and O–H groups in total. The third-order valence-corrected chi connectivity index (χ3v) is 3.75. The van der Waals surface area contributed by atoms with Gasteiger partial charge in [-0.15, -0.1) is 0 Å². The van der Waals surface area contributed by atoms with Crippen LogP contribution in [0.2, 0.25) is 0 Å². The first-order valence-electron chi connectivity index (χ1n) is 8.40. The molecule has 0 aliphatic rings. The summed E-state index contributed by atoms with van der Waals surface area (Å²) in [5.74, 6) is -1.01. The highest BCUT2D eigenvalue weighted by Crippen LogP contribution is 2.20. The zero-order chi connectivity index (χ0) is 18.2. The van der Waals surface area contributed by atoms with Crippen molar-refractivity contribution in [2.24, 2.45) is 0 Å². The first-order chi connectivity index (χ1) is 11.2. The van der Waals surface area contributed by atoms with Gasteiger partial charge >= 0.3 is 5.97 Å². The van der Waals surface area contributed by atoms with E-state index in [9.17, 15) is 14.7 Å². The van der Waals surface area contributed by atoms with Gasteiger partial charge in [0.25, 0.3) is 0 Å². The number of ether oxygens (including phenoxy) is 1. The smallest absolute Gasteiger partial charge is 0.326 e. The number of amides is 1. The van der Waals surface area contributed by atoms with E-state index in [0.717, 1.165) is 0 Å². The Kier molecular flexibility index (Phi) is 7.92. The molecule has 2 unspecified atom stereocenters. The van der Waals surface area contributed by atoms with E-state index in [-0.39, 0.29) is 23.8 Å². The maximum atomic E-state index is 12.0. The van der Waals surface area contributed by atoms with Crippen molar-refractivity contribution in [2.45, 2.75) is 64.5 Å². The lowest BCUT2D eigenvalue weighted by Gasteiger charge is -2.21. The molecule has 5 nitrogen and oxygen atoms in total. The second-order valence-corrected chi connectivity index (χ2v) is 7.06. The van der Waals surface area contributed by atoms with Gasteiger partial charge in [-0.3, -0.25) is 4.79 Å². The third kappa shape index (κ3) is 8.11. The summed E-state index contributed by atoms with van der Waals surface area (Å²) in [7, 11) is 0. The van der Waals surface area contributed by atoms with Gasteiger partial charge in [-0.25, -0.2) is 4.79 Å². The Bertz CT molecular complexity index is 522. The van der Waals surface area contributed by atoms with Crippen molar-refractivity contribution in [3.05, 3.63) is 35.9 Å². The average Bonchev–Trinajstić information content (AvgIpc) is 2.51. The Balaban J connectivity index is 2.41. The number of hydrogen-bond acceptors (Lipinski definition) is 3. The predicted molar refractivity (Wildman–Crippen MR) is 94.0 cm³/mol. The topological polar surface area (TPSA) is 75.6 Å². The minimum Gasteiger partial charge on any atom is -0.480 e. The first-order valence-corrected chi connectivity index (χ1v) is 8.40. The Morgan fingerprint density at radius 2 is 1.79 bits per heavy atom. The van der Waals surface area contributed by atoms with Gasteiger partial charge in [-0.2, -0.15) is 0 Å². The standard InChI is InChI=1S/C19H29NO4/c1-14(15-8-6-5-7-9-15)10-11-17(21)20-16(18(22)23)12-13-24-19(2,3)4/h5-9,14,16H,10-13H2,1-4H3,(H,20,21)(H,22,23). The minimum atomic E-state index is -1.03. The summed E-state index contributed by atoms with van der Waals surface area (Å²) < 4.78 is 5.53. The highest BCUT2D eigenvalue weighted by atomic mass is 16.5. The van der Waals surface area contributed by atoms with Gasteiger partial charge in [-0.1, -0.05) is 37.3 Å². The maximum Gasteiger partial charge on any atom is 0.326 e. The van der Waals surface area contributed by atoms with E-state index < -0.39 is 12.0 Å². The molecule has 0 bridgehead atoms. The van der Waals surface area contributed by atoms with Crippen LogP contribution in [0.5, 0.6) is 0 Å². The Morgan fingerprint density at radius 1 is 1.17 bits per heavy atom. The van der Waals surface area contributed by atoms with Crippen LogP contribution in [0.4, 0.5) is 0 Å². The van der Waals surface area contributed by atoms with E-state index >= 15 is 0 Å². The number of hydrogen-bond donors (Lipinski definition) is 2. The fourth-order valence-electron chi connectivity index (χ4n) is 2.30. The molecule has 0 saturated heterocycles. The van der Waals surface area contributed by atoms with Crippen LogP contribution >= 0.6 is 0 Å². The van der Waals surface area contributed by atoms with Gasteiger partial charge < -0.3 is 15.2 Å². The van der Waals surface area contributed by atoms with Crippen molar-refractivity contribution in [3.8, 4) is 0 Å². The number of carboxylic acids is 1. The third-order valence-electron chi connectivity index (χ3n) is 3.75. The van der Waals surface area contributed by atoms with Gasteiger partial charge in [0.15, 0.2) is 0 Å². The van der Waals surface area contributed by atoms with Crippen LogP contribution in [-0.2, 0) is 14.3 Å². The van der Waals surface area contributed by atoms with Crippen molar-refractivity contribution >= 4 is 11.9 Å². The molecule has 1 aromatic carbocycles. The molecule has 0 spiro atoms. The number of aliphatic carboxylic acids is 1. The van der Waals surface area contributed by atoms with Gasteiger partial charge in [0, 0.05) is 19.4 Å². The molecule has 0 heterocycles. The van der Waals surface area contributed by atoms with Crippen LogP contribution in [-0.4, -0.2) is 35.2 Å². The number of benzene rings is 1. The normalized spacial score (nSPS) is 14.0. The molecule has 0 fully saturated rings. The first kappa shape index (κ1) is 20.2. The number of carbonyl (C=O) groups excluding carboxylic acids is 1. The summed E-state index contributed by atoms with van der Waals surface area (Å²) in [5, 5.41) is 11.8. The molecule has 0 radical (unpaired) electrons. The molecule has 134 valence electrons. The summed E-state index contributed by atoms with van der Waals surface area (Å²) in [6.45, 7) is 8.08. The van der Waals surface area contributed by atoms with Crippen LogP contribution in [0.1, 0.15) is 58.4 Å². The molecule has 0 aliphatic carbocycles. The lowest BCUT2D eigenvalue weighted by atomic mass is 9.96. The molecule has 1 amide bonds. The zero-order valence-corrected chi connectivity index (χ0v) is 15.0. The monoisotopic (exact) mass is 335 g/mol. The summed E-state index contributed by atoms with van der Waals surface area (Å²) in [6, 6.07) is 9.06. The van der Waals surface area contributed by atoms with E-state index in [1.54, 1.807) is 0 Å². The van der Waals surface area contributed by atoms with Crippen molar-refractivity contribution in [1.82, 2.24) is 5.32 Å². The lowest BCUT2D eigenvalue weighted by Crippen LogP contribution is -2.42. The van der Waals surface area contributed by atoms with E-state index in [1.807, 2.05) is 51.1 Å². The molecular weight excluding hydrogens is 306 g/mol. The second kappa shape index (κ2) is 9.42. The summed E-state index contributed by atoms with van der Waals surface area (Å²) in [4.78, 5) is 23.3. The van der Waals surface area contributed by atoms with Crippen LogP contribution in [0, 0.1) is 0 Å². The number of carbonyl (C=O) groups is 2. The van der Waals surface area contributed by atoms with Crippen molar-refractivity contribution in [1.29, 1.82) is 0 Å². The van der Waals surface area contributed by atoms with E-state index in [0.29, 0.717) is 19.4 Å². The summed E-state index contributed by atoms with van der Waals surface area (Å²) in [5.41, 5.74) is 0.858. The van der Waals surface area contributed by atoms with Crippen LogP contribution < -0.4 is 5.32 Å². The van der Waals surface area contributed by atoms with Gasteiger partial charge in [0.2, 0.25) is 5.91 Å².